The van der Waals surface area contributed by atoms with Crippen molar-refractivity contribution in [2.24, 2.45) is 0 Å². The summed E-state index contributed by atoms with van der Waals surface area (Å²) < 4.78 is 1.94. The fraction of sp³-hybridized carbons (Fsp3) is 0.385. The van der Waals surface area contributed by atoms with Gasteiger partial charge in [0.2, 0.25) is 0 Å². The lowest BCUT2D eigenvalue weighted by Gasteiger charge is -2.05. The zero-order valence-electron chi connectivity index (χ0n) is 10.2. The number of nitrogens with zero attached hydrogens (tertiary/aromatic N) is 3. The number of hydrogen-bond acceptors (Lipinski definition) is 2. The highest BCUT2D eigenvalue weighted by atomic mass is 79.9. The molecule has 0 aliphatic rings. The molecule has 2 heterocycles. The first-order chi connectivity index (χ1) is 8.28. The topological polar surface area (TPSA) is 30.7 Å². The van der Waals surface area contributed by atoms with Crippen LogP contribution in [0.3, 0.4) is 0 Å². The van der Waals surface area contributed by atoms with E-state index in [1.807, 2.05) is 16.9 Å². The minimum absolute atomic E-state index is 0.834. The van der Waals surface area contributed by atoms with Gasteiger partial charge in [-0.05, 0) is 30.5 Å². The minimum Gasteiger partial charge on any atom is -0.237 e. The molecular formula is C13H16BrN3. The van der Waals surface area contributed by atoms with Crippen molar-refractivity contribution in [3.63, 3.8) is 0 Å². The smallest absolute Gasteiger partial charge is 0.153 e. The lowest BCUT2D eigenvalue weighted by Crippen LogP contribution is -2.04. The molecule has 0 N–H and O–H groups in total. The third kappa shape index (κ3) is 2.57. The summed E-state index contributed by atoms with van der Waals surface area (Å²) in [6.45, 7) is 4.26. The first kappa shape index (κ1) is 12.3. The van der Waals surface area contributed by atoms with Gasteiger partial charge in [0.05, 0.1) is 5.69 Å². The Bertz CT molecular complexity index is 488. The Hall–Kier alpha value is -1.16. The number of aromatic nitrogens is 3. The van der Waals surface area contributed by atoms with Gasteiger partial charge in [-0.1, -0.05) is 35.8 Å². The third-order valence-corrected chi connectivity index (χ3v) is 3.39. The first-order valence-corrected chi connectivity index (χ1v) is 6.99. The SMILES string of the molecule is CCc1cc(CC)n(-c2ccc(CBr)cn2)n1. The molecule has 0 fully saturated rings. The predicted octanol–water partition coefficient (Wildman–Crippen LogP) is 3.29. The highest BCUT2D eigenvalue weighted by molar-refractivity contribution is 9.08. The van der Waals surface area contributed by atoms with Crippen molar-refractivity contribution >= 4 is 15.9 Å². The molecule has 2 aromatic heterocycles. The maximum atomic E-state index is 4.57. The molecule has 0 aromatic carbocycles. The van der Waals surface area contributed by atoms with Crippen molar-refractivity contribution < 1.29 is 0 Å². The summed E-state index contributed by atoms with van der Waals surface area (Å²) in [5, 5.41) is 5.40. The van der Waals surface area contributed by atoms with Gasteiger partial charge in [-0.15, -0.1) is 0 Å². The van der Waals surface area contributed by atoms with E-state index in [4.69, 9.17) is 0 Å². The Balaban J connectivity index is 2.40. The molecule has 0 atom stereocenters. The Morgan fingerprint density at radius 1 is 1.24 bits per heavy atom. The molecule has 0 unspecified atom stereocenters. The van der Waals surface area contributed by atoms with E-state index in [0.717, 1.165) is 29.7 Å². The molecule has 0 saturated heterocycles. The van der Waals surface area contributed by atoms with E-state index in [-0.39, 0.29) is 0 Å². The van der Waals surface area contributed by atoms with Gasteiger partial charge in [-0.2, -0.15) is 5.10 Å². The van der Waals surface area contributed by atoms with Crippen molar-refractivity contribution in [1.29, 1.82) is 0 Å². The summed E-state index contributed by atoms with van der Waals surface area (Å²) >= 11 is 3.42. The maximum absolute atomic E-state index is 4.57. The maximum Gasteiger partial charge on any atom is 0.153 e. The van der Waals surface area contributed by atoms with Gasteiger partial charge in [-0.3, -0.25) is 0 Å². The van der Waals surface area contributed by atoms with Crippen LogP contribution in [-0.4, -0.2) is 14.8 Å². The molecule has 0 radical (unpaired) electrons. The van der Waals surface area contributed by atoms with Crippen LogP contribution in [0.1, 0.15) is 30.8 Å². The summed E-state index contributed by atoms with van der Waals surface area (Å²) in [6, 6.07) is 6.24. The lowest BCUT2D eigenvalue weighted by molar-refractivity contribution is 0.771. The van der Waals surface area contributed by atoms with Crippen LogP contribution in [0, 0.1) is 0 Å². The monoisotopic (exact) mass is 293 g/mol. The summed E-state index contributed by atoms with van der Waals surface area (Å²) in [6.07, 6.45) is 3.81. The second kappa shape index (κ2) is 5.45. The van der Waals surface area contributed by atoms with Crippen LogP contribution in [-0.2, 0) is 18.2 Å². The van der Waals surface area contributed by atoms with Gasteiger partial charge in [-0.25, -0.2) is 9.67 Å². The fourth-order valence-electron chi connectivity index (χ4n) is 1.72. The van der Waals surface area contributed by atoms with E-state index in [2.05, 4.69) is 52.0 Å². The second-order valence-electron chi connectivity index (χ2n) is 3.90. The van der Waals surface area contributed by atoms with Crippen molar-refractivity contribution in [2.45, 2.75) is 32.0 Å². The average molecular weight is 294 g/mol. The second-order valence-corrected chi connectivity index (χ2v) is 4.46. The predicted molar refractivity (Wildman–Crippen MR) is 72.7 cm³/mol. The summed E-state index contributed by atoms with van der Waals surface area (Å²) in [5.74, 6) is 0.895. The Morgan fingerprint density at radius 3 is 2.59 bits per heavy atom. The third-order valence-electron chi connectivity index (χ3n) is 2.74. The van der Waals surface area contributed by atoms with E-state index in [1.54, 1.807) is 0 Å². The molecule has 0 amide bonds. The summed E-state index contributed by atoms with van der Waals surface area (Å²) in [4.78, 5) is 4.45. The average Bonchev–Trinajstić information content (AvgIpc) is 2.82. The number of halogens is 1. The zero-order valence-corrected chi connectivity index (χ0v) is 11.7. The summed E-state index contributed by atoms with van der Waals surface area (Å²) in [5.41, 5.74) is 3.50. The highest BCUT2D eigenvalue weighted by Crippen LogP contribution is 2.13. The Morgan fingerprint density at radius 2 is 2.06 bits per heavy atom. The van der Waals surface area contributed by atoms with Crippen LogP contribution in [0.4, 0.5) is 0 Å². The molecular weight excluding hydrogens is 278 g/mol. The van der Waals surface area contributed by atoms with E-state index < -0.39 is 0 Å². The molecule has 0 aliphatic heterocycles. The van der Waals surface area contributed by atoms with Crippen LogP contribution < -0.4 is 0 Å². The first-order valence-electron chi connectivity index (χ1n) is 5.87. The van der Waals surface area contributed by atoms with Crippen LogP contribution >= 0.6 is 15.9 Å². The van der Waals surface area contributed by atoms with E-state index in [0.29, 0.717) is 0 Å². The largest absolute Gasteiger partial charge is 0.237 e. The molecule has 0 saturated carbocycles. The minimum atomic E-state index is 0.834. The molecule has 3 nitrogen and oxygen atoms in total. The van der Waals surface area contributed by atoms with Gasteiger partial charge in [0.25, 0.3) is 0 Å². The van der Waals surface area contributed by atoms with Gasteiger partial charge in [0.15, 0.2) is 5.82 Å². The van der Waals surface area contributed by atoms with E-state index in [9.17, 15) is 0 Å². The molecule has 2 rings (SSSR count). The number of pyridine rings is 1. The molecule has 0 spiro atoms. The molecule has 4 heteroatoms. The molecule has 0 aliphatic carbocycles. The number of alkyl halides is 1. The number of hydrogen-bond donors (Lipinski definition) is 0. The van der Waals surface area contributed by atoms with Crippen LogP contribution in [0.25, 0.3) is 5.82 Å². The summed E-state index contributed by atoms with van der Waals surface area (Å²) in [7, 11) is 0. The Kier molecular flexibility index (Phi) is 3.94. The quantitative estimate of drug-likeness (QED) is 0.810. The highest BCUT2D eigenvalue weighted by Gasteiger charge is 2.07. The Labute approximate surface area is 110 Å². The van der Waals surface area contributed by atoms with Crippen molar-refractivity contribution in [3.8, 4) is 5.82 Å². The van der Waals surface area contributed by atoms with Crippen LogP contribution in [0.2, 0.25) is 0 Å². The fourth-order valence-corrected chi connectivity index (χ4v) is 2.05. The van der Waals surface area contributed by atoms with Crippen LogP contribution in [0.15, 0.2) is 24.4 Å². The van der Waals surface area contributed by atoms with Crippen molar-refractivity contribution in [2.75, 3.05) is 0 Å². The lowest BCUT2D eigenvalue weighted by atomic mass is 10.2. The standard InChI is InChI=1S/C13H16BrN3/c1-3-11-7-12(4-2)17(16-11)13-6-5-10(8-14)9-15-13/h5-7,9H,3-4,8H2,1-2H3. The van der Waals surface area contributed by atoms with E-state index in [1.165, 1.54) is 11.3 Å². The molecule has 90 valence electrons. The zero-order chi connectivity index (χ0) is 12.3. The van der Waals surface area contributed by atoms with Gasteiger partial charge in [0.1, 0.15) is 0 Å². The van der Waals surface area contributed by atoms with Gasteiger partial charge < -0.3 is 0 Å². The van der Waals surface area contributed by atoms with Crippen LogP contribution in [0.5, 0.6) is 0 Å². The van der Waals surface area contributed by atoms with Crippen molar-refractivity contribution in [3.05, 3.63) is 41.3 Å². The number of rotatable bonds is 4. The molecule has 17 heavy (non-hydrogen) atoms. The van der Waals surface area contributed by atoms with E-state index >= 15 is 0 Å². The van der Waals surface area contributed by atoms with Gasteiger partial charge in [0, 0.05) is 17.2 Å². The molecule has 0 bridgehead atoms. The molecule has 2 aromatic rings. The van der Waals surface area contributed by atoms with Gasteiger partial charge >= 0.3 is 0 Å². The number of aryl methyl sites for hydroxylation is 2. The van der Waals surface area contributed by atoms with Crippen molar-refractivity contribution in [1.82, 2.24) is 14.8 Å². The normalized spacial score (nSPS) is 10.8.